The third kappa shape index (κ3) is 3.51. The summed E-state index contributed by atoms with van der Waals surface area (Å²) >= 11 is 0. The van der Waals surface area contributed by atoms with Gasteiger partial charge in [0, 0.05) is 22.8 Å². The van der Waals surface area contributed by atoms with Crippen LogP contribution in [-0.2, 0) is 11.2 Å². The Balaban J connectivity index is 2.10. The number of ether oxygens (including phenoxy) is 1. The topological polar surface area (TPSA) is 80.1 Å². The minimum Gasteiger partial charge on any atom is -0.449 e. The largest absolute Gasteiger partial charge is 0.449 e. The Hall–Kier alpha value is -2.01. The van der Waals surface area contributed by atoms with Crippen molar-refractivity contribution >= 4 is 22.7 Å². The van der Waals surface area contributed by atoms with Gasteiger partial charge in [-0.15, -0.1) is 0 Å². The zero-order valence-electron chi connectivity index (χ0n) is 11.9. The van der Waals surface area contributed by atoms with Crippen LogP contribution in [0.4, 0.5) is 10.5 Å². The van der Waals surface area contributed by atoms with Crippen molar-refractivity contribution in [3.63, 3.8) is 0 Å². The second kappa shape index (κ2) is 6.43. The highest BCUT2D eigenvalue weighted by molar-refractivity contribution is 5.91. The molecule has 0 atom stereocenters. The van der Waals surface area contributed by atoms with Crippen LogP contribution >= 0.6 is 0 Å². The number of carbonyl (C=O) groups excluding carboxylic acids is 1. The number of nitrogens with one attached hydrogen (secondary N) is 2. The molecule has 4 N–H and O–H groups in total. The molecule has 2 rings (SSSR count). The van der Waals surface area contributed by atoms with Crippen LogP contribution in [0.3, 0.4) is 0 Å². The van der Waals surface area contributed by atoms with Crippen LogP contribution in [0.25, 0.3) is 10.9 Å². The van der Waals surface area contributed by atoms with Crippen LogP contribution in [0.2, 0.25) is 0 Å². The van der Waals surface area contributed by atoms with Gasteiger partial charge >= 0.3 is 6.09 Å². The predicted molar refractivity (Wildman–Crippen MR) is 80.9 cm³/mol. The van der Waals surface area contributed by atoms with E-state index in [1.807, 2.05) is 38.2 Å². The van der Waals surface area contributed by atoms with E-state index in [0.29, 0.717) is 19.1 Å². The molecule has 1 amide bonds. The van der Waals surface area contributed by atoms with Crippen LogP contribution in [0, 0.1) is 5.92 Å². The zero-order chi connectivity index (χ0) is 14.5. The highest BCUT2D eigenvalue weighted by Gasteiger charge is 2.07. The summed E-state index contributed by atoms with van der Waals surface area (Å²) in [6.07, 6.45) is 2.34. The van der Waals surface area contributed by atoms with E-state index < -0.39 is 6.09 Å². The average molecular weight is 275 g/mol. The number of fused-ring (bicyclic) bond motifs is 1. The highest BCUT2D eigenvalue weighted by Crippen LogP contribution is 2.22. The second-order valence-electron chi connectivity index (χ2n) is 5.23. The Labute approximate surface area is 118 Å². The monoisotopic (exact) mass is 275 g/mol. The molecule has 0 aliphatic carbocycles. The number of aromatic nitrogens is 1. The van der Waals surface area contributed by atoms with Gasteiger partial charge in [0.05, 0.1) is 6.61 Å². The van der Waals surface area contributed by atoms with E-state index in [2.05, 4.69) is 10.3 Å². The van der Waals surface area contributed by atoms with Crippen molar-refractivity contribution in [1.82, 2.24) is 4.98 Å². The van der Waals surface area contributed by atoms with Gasteiger partial charge < -0.3 is 15.5 Å². The molecule has 0 radical (unpaired) electrons. The quantitative estimate of drug-likeness (QED) is 0.785. The summed E-state index contributed by atoms with van der Waals surface area (Å²) in [6.45, 7) is 5.01. The maximum Gasteiger partial charge on any atom is 0.411 e. The molecule has 5 nitrogen and oxygen atoms in total. The van der Waals surface area contributed by atoms with E-state index in [9.17, 15) is 4.79 Å². The standard InChI is InChI=1S/C15H21N3O2/c1-10(2)9-20-15(19)18-12-3-4-14-13(7-12)11(5-6-16)8-17-14/h3-4,7-8,10,17H,5-6,9,16H2,1-2H3,(H,18,19). The number of H-pyrrole nitrogens is 1. The Morgan fingerprint density at radius 3 is 2.95 bits per heavy atom. The van der Waals surface area contributed by atoms with E-state index in [0.717, 1.165) is 28.6 Å². The van der Waals surface area contributed by atoms with Gasteiger partial charge in [-0.3, -0.25) is 5.32 Å². The lowest BCUT2D eigenvalue weighted by atomic mass is 10.1. The van der Waals surface area contributed by atoms with Crippen molar-refractivity contribution in [2.24, 2.45) is 11.7 Å². The first-order chi connectivity index (χ1) is 9.60. The van der Waals surface area contributed by atoms with Crippen LogP contribution in [0.5, 0.6) is 0 Å². The third-order valence-corrected chi connectivity index (χ3v) is 2.98. The molecule has 1 heterocycles. The first-order valence-electron chi connectivity index (χ1n) is 6.84. The van der Waals surface area contributed by atoms with Crippen molar-refractivity contribution in [2.45, 2.75) is 20.3 Å². The van der Waals surface area contributed by atoms with Gasteiger partial charge in [0.25, 0.3) is 0 Å². The number of amides is 1. The molecule has 2 aromatic rings. The Bertz CT molecular complexity index is 590. The first kappa shape index (κ1) is 14.4. The normalized spacial score (nSPS) is 11.0. The van der Waals surface area contributed by atoms with Crippen LogP contribution in [-0.4, -0.2) is 24.2 Å². The van der Waals surface area contributed by atoms with Crippen LogP contribution < -0.4 is 11.1 Å². The molecular weight excluding hydrogens is 254 g/mol. The summed E-state index contributed by atoms with van der Waals surface area (Å²) in [4.78, 5) is 14.8. The second-order valence-corrected chi connectivity index (χ2v) is 5.23. The maximum absolute atomic E-state index is 11.6. The number of benzene rings is 1. The van der Waals surface area contributed by atoms with Gasteiger partial charge in [-0.25, -0.2) is 4.79 Å². The van der Waals surface area contributed by atoms with E-state index in [-0.39, 0.29) is 0 Å². The Morgan fingerprint density at radius 2 is 2.25 bits per heavy atom. The van der Waals surface area contributed by atoms with E-state index in [4.69, 9.17) is 10.5 Å². The minimum atomic E-state index is -0.422. The van der Waals surface area contributed by atoms with Gasteiger partial charge in [0.2, 0.25) is 0 Å². The Morgan fingerprint density at radius 1 is 1.45 bits per heavy atom. The van der Waals surface area contributed by atoms with Crippen molar-refractivity contribution < 1.29 is 9.53 Å². The summed E-state index contributed by atoms with van der Waals surface area (Å²) < 4.78 is 5.10. The lowest BCUT2D eigenvalue weighted by molar-refractivity contribution is 0.147. The SMILES string of the molecule is CC(C)COC(=O)Nc1ccc2[nH]cc(CCN)c2c1. The summed E-state index contributed by atoms with van der Waals surface area (Å²) in [5.41, 5.74) is 8.51. The average Bonchev–Trinajstić information content (AvgIpc) is 2.80. The molecule has 0 aliphatic heterocycles. The molecule has 1 aromatic heterocycles. The highest BCUT2D eigenvalue weighted by atomic mass is 16.5. The number of rotatable bonds is 5. The molecule has 0 unspecified atom stereocenters. The summed E-state index contributed by atoms with van der Waals surface area (Å²) in [7, 11) is 0. The van der Waals surface area contributed by atoms with Crippen LogP contribution in [0.15, 0.2) is 24.4 Å². The molecule has 108 valence electrons. The third-order valence-electron chi connectivity index (χ3n) is 2.98. The number of hydrogen-bond acceptors (Lipinski definition) is 3. The fourth-order valence-corrected chi connectivity index (χ4v) is 2.01. The lowest BCUT2D eigenvalue weighted by Crippen LogP contribution is -2.16. The lowest BCUT2D eigenvalue weighted by Gasteiger charge is -2.09. The van der Waals surface area contributed by atoms with Gasteiger partial charge in [-0.05, 0) is 42.6 Å². The molecule has 1 aromatic carbocycles. The van der Waals surface area contributed by atoms with Crippen molar-refractivity contribution in [2.75, 3.05) is 18.5 Å². The fraction of sp³-hybridized carbons (Fsp3) is 0.400. The van der Waals surface area contributed by atoms with Gasteiger partial charge in [0.1, 0.15) is 0 Å². The summed E-state index contributed by atoms with van der Waals surface area (Å²) in [5.74, 6) is 0.323. The number of hydrogen-bond donors (Lipinski definition) is 3. The molecule has 0 bridgehead atoms. The number of carbonyl (C=O) groups is 1. The molecule has 5 heteroatoms. The number of aromatic amines is 1. The molecular formula is C15H21N3O2. The van der Waals surface area contributed by atoms with E-state index in [1.165, 1.54) is 0 Å². The molecule has 0 spiro atoms. The fourth-order valence-electron chi connectivity index (χ4n) is 2.01. The zero-order valence-corrected chi connectivity index (χ0v) is 11.9. The predicted octanol–water partition coefficient (Wildman–Crippen LogP) is 2.87. The van der Waals surface area contributed by atoms with E-state index >= 15 is 0 Å². The molecule has 20 heavy (non-hydrogen) atoms. The number of nitrogens with two attached hydrogens (primary N) is 1. The maximum atomic E-state index is 11.6. The number of anilines is 1. The van der Waals surface area contributed by atoms with Crippen molar-refractivity contribution in [1.29, 1.82) is 0 Å². The Kier molecular flexibility index (Phi) is 4.63. The minimum absolute atomic E-state index is 0.323. The first-order valence-corrected chi connectivity index (χ1v) is 6.84. The van der Waals surface area contributed by atoms with Gasteiger partial charge in [0.15, 0.2) is 0 Å². The van der Waals surface area contributed by atoms with E-state index in [1.54, 1.807) is 0 Å². The van der Waals surface area contributed by atoms with Gasteiger partial charge in [-0.2, -0.15) is 0 Å². The molecule has 0 aliphatic rings. The van der Waals surface area contributed by atoms with Crippen LogP contribution in [0.1, 0.15) is 19.4 Å². The smallest absolute Gasteiger partial charge is 0.411 e. The molecule has 0 saturated heterocycles. The summed E-state index contributed by atoms with van der Waals surface area (Å²) in [5, 5.41) is 3.82. The molecule has 0 fully saturated rings. The van der Waals surface area contributed by atoms with Crippen molar-refractivity contribution in [3.05, 3.63) is 30.0 Å². The summed E-state index contributed by atoms with van der Waals surface area (Å²) in [6, 6.07) is 5.72. The molecule has 0 saturated carbocycles. The van der Waals surface area contributed by atoms with Gasteiger partial charge in [-0.1, -0.05) is 13.8 Å². The van der Waals surface area contributed by atoms with Crippen molar-refractivity contribution in [3.8, 4) is 0 Å².